The van der Waals surface area contributed by atoms with Crippen LogP contribution in [0.1, 0.15) is 49.0 Å². The smallest absolute Gasteiger partial charge is 0.328 e. The lowest BCUT2D eigenvalue weighted by molar-refractivity contribution is -0.154. The minimum Gasteiger partial charge on any atom is -0.493 e. The summed E-state index contributed by atoms with van der Waals surface area (Å²) in [5.41, 5.74) is 1.44. The molecule has 1 N–H and O–H groups in total. The second-order valence-electron chi connectivity index (χ2n) is 9.32. The van der Waals surface area contributed by atoms with Crippen LogP contribution in [0.5, 0.6) is 11.5 Å². The lowest BCUT2D eigenvalue weighted by Crippen LogP contribution is -2.52. The number of esters is 1. The van der Waals surface area contributed by atoms with Gasteiger partial charge in [0.2, 0.25) is 5.91 Å². The minimum absolute atomic E-state index is 0.185. The Morgan fingerprint density at radius 2 is 1.75 bits per heavy atom. The third-order valence-corrected chi connectivity index (χ3v) is 6.24. The fourth-order valence-electron chi connectivity index (χ4n) is 4.40. The zero-order valence-corrected chi connectivity index (χ0v) is 21.5. The molecule has 2 atom stereocenters. The van der Waals surface area contributed by atoms with Gasteiger partial charge in [0.25, 0.3) is 5.91 Å². The number of carbonyl (C=O) groups excluding carboxylic acids is 3. The molecule has 8 heteroatoms. The fourth-order valence-corrected chi connectivity index (χ4v) is 4.40. The summed E-state index contributed by atoms with van der Waals surface area (Å²) < 4.78 is 16.1. The summed E-state index contributed by atoms with van der Waals surface area (Å²) in [6.45, 7) is 4.65. The van der Waals surface area contributed by atoms with Crippen molar-refractivity contribution in [1.82, 2.24) is 10.2 Å². The number of hydrogen-bond acceptors (Lipinski definition) is 6. The zero-order chi connectivity index (χ0) is 26.1. The Hall–Kier alpha value is -3.55. The highest BCUT2D eigenvalue weighted by atomic mass is 16.5. The van der Waals surface area contributed by atoms with Crippen LogP contribution in [0.2, 0.25) is 0 Å². The summed E-state index contributed by atoms with van der Waals surface area (Å²) in [5, 5.41) is 2.88. The molecule has 0 bridgehead atoms. The first-order valence-electron chi connectivity index (χ1n) is 12.4. The van der Waals surface area contributed by atoms with E-state index in [1.807, 2.05) is 38.1 Å². The molecule has 3 rings (SSSR count). The van der Waals surface area contributed by atoms with Crippen LogP contribution in [0.15, 0.2) is 48.5 Å². The van der Waals surface area contributed by atoms with Gasteiger partial charge >= 0.3 is 5.97 Å². The SMILES string of the molecule is COc1ccc(CCOC(=O)[C@@H]2CCCN2C(=O)C(CC(C)C)NC(=O)c2ccccc2)cc1OC. The van der Waals surface area contributed by atoms with E-state index in [0.717, 1.165) is 5.56 Å². The summed E-state index contributed by atoms with van der Waals surface area (Å²) >= 11 is 0. The van der Waals surface area contributed by atoms with Gasteiger partial charge < -0.3 is 24.4 Å². The van der Waals surface area contributed by atoms with Crippen molar-refractivity contribution < 1.29 is 28.6 Å². The first-order valence-corrected chi connectivity index (χ1v) is 12.4. The number of carbonyl (C=O) groups is 3. The van der Waals surface area contributed by atoms with E-state index in [9.17, 15) is 14.4 Å². The second kappa shape index (κ2) is 13.0. The molecule has 36 heavy (non-hydrogen) atoms. The van der Waals surface area contributed by atoms with Crippen LogP contribution in [-0.4, -0.2) is 62.1 Å². The van der Waals surface area contributed by atoms with Crippen molar-refractivity contribution in [2.24, 2.45) is 5.92 Å². The highest BCUT2D eigenvalue weighted by molar-refractivity contribution is 5.98. The Labute approximate surface area is 212 Å². The van der Waals surface area contributed by atoms with Crippen molar-refractivity contribution in [3.63, 3.8) is 0 Å². The molecular formula is C28H36N2O6. The molecule has 2 aromatic rings. The molecular weight excluding hydrogens is 460 g/mol. The molecule has 1 aliphatic rings. The third kappa shape index (κ3) is 6.99. The van der Waals surface area contributed by atoms with Crippen LogP contribution < -0.4 is 14.8 Å². The molecule has 194 valence electrons. The predicted molar refractivity (Wildman–Crippen MR) is 136 cm³/mol. The van der Waals surface area contributed by atoms with Crippen molar-refractivity contribution in [2.75, 3.05) is 27.4 Å². The van der Waals surface area contributed by atoms with Gasteiger partial charge in [-0.1, -0.05) is 38.1 Å². The number of methoxy groups -OCH3 is 2. The highest BCUT2D eigenvalue weighted by Gasteiger charge is 2.38. The number of hydrogen-bond donors (Lipinski definition) is 1. The molecule has 2 amide bonds. The van der Waals surface area contributed by atoms with Gasteiger partial charge in [0, 0.05) is 18.5 Å². The van der Waals surface area contributed by atoms with Crippen LogP contribution in [0.3, 0.4) is 0 Å². The summed E-state index contributed by atoms with van der Waals surface area (Å²) in [4.78, 5) is 40.7. The summed E-state index contributed by atoms with van der Waals surface area (Å²) in [7, 11) is 3.15. The van der Waals surface area contributed by atoms with Gasteiger partial charge in [0.15, 0.2) is 11.5 Å². The molecule has 8 nitrogen and oxygen atoms in total. The number of likely N-dealkylation sites (tertiary alicyclic amines) is 1. The molecule has 0 aliphatic carbocycles. The maximum atomic E-state index is 13.5. The average molecular weight is 497 g/mol. The normalized spacial score (nSPS) is 15.9. The molecule has 2 aromatic carbocycles. The van der Waals surface area contributed by atoms with E-state index in [4.69, 9.17) is 14.2 Å². The maximum Gasteiger partial charge on any atom is 0.328 e. The van der Waals surface area contributed by atoms with Crippen LogP contribution in [0.25, 0.3) is 0 Å². The minimum atomic E-state index is -0.710. The third-order valence-electron chi connectivity index (χ3n) is 6.24. The van der Waals surface area contributed by atoms with Gasteiger partial charge in [-0.25, -0.2) is 4.79 Å². The van der Waals surface area contributed by atoms with E-state index >= 15 is 0 Å². The summed E-state index contributed by atoms with van der Waals surface area (Å²) in [6, 6.07) is 13.0. The number of rotatable bonds is 11. The van der Waals surface area contributed by atoms with Gasteiger partial charge in [-0.15, -0.1) is 0 Å². The zero-order valence-electron chi connectivity index (χ0n) is 21.5. The largest absolute Gasteiger partial charge is 0.493 e. The molecule has 0 spiro atoms. The van der Waals surface area contributed by atoms with Crippen LogP contribution >= 0.6 is 0 Å². The van der Waals surface area contributed by atoms with Crippen molar-refractivity contribution >= 4 is 17.8 Å². The number of nitrogens with one attached hydrogen (secondary N) is 1. The molecule has 1 unspecified atom stereocenters. The fraction of sp³-hybridized carbons (Fsp3) is 0.464. The van der Waals surface area contributed by atoms with E-state index in [2.05, 4.69) is 5.32 Å². The van der Waals surface area contributed by atoms with Crippen LogP contribution in [0.4, 0.5) is 0 Å². The van der Waals surface area contributed by atoms with E-state index in [0.29, 0.717) is 49.3 Å². The van der Waals surface area contributed by atoms with Crippen LogP contribution in [-0.2, 0) is 20.7 Å². The van der Waals surface area contributed by atoms with Gasteiger partial charge in [0.1, 0.15) is 12.1 Å². The average Bonchev–Trinajstić information content (AvgIpc) is 3.38. The summed E-state index contributed by atoms with van der Waals surface area (Å²) in [6.07, 6.45) is 2.25. The second-order valence-corrected chi connectivity index (χ2v) is 9.32. The highest BCUT2D eigenvalue weighted by Crippen LogP contribution is 2.28. The Morgan fingerprint density at radius 1 is 1.03 bits per heavy atom. The van der Waals surface area contributed by atoms with E-state index in [-0.39, 0.29) is 24.3 Å². The van der Waals surface area contributed by atoms with Crippen molar-refractivity contribution in [1.29, 1.82) is 0 Å². The van der Waals surface area contributed by atoms with E-state index in [1.54, 1.807) is 43.4 Å². The van der Waals surface area contributed by atoms with Gasteiger partial charge in [0.05, 0.1) is 20.8 Å². The maximum absolute atomic E-state index is 13.5. The number of amides is 2. The number of nitrogens with zero attached hydrogens (tertiary/aromatic N) is 1. The van der Waals surface area contributed by atoms with E-state index < -0.39 is 18.1 Å². The first kappa shape index (κ1) is 27.0. The Balaban J connectivity index is 1.61. The van der Waals surface area contributed by atoms with E-state index in [1.165, 1.54) is 0 Å². The molecule has 0 saturated carbocycles. The van der Waals surface area contributed by atoms with Crippen molar-refractivity contribution in [3.05, 3.63) is 59.7 Å². The molecule has 1 aliphatic heterocycles. The topological polar surface area (TPSA) is 94.2 Å². The Kier molecular flexibility index (Phi) is 9.73. The quantitative estimate of drug-likeness (QED) is 0.478. The molecule has 1 heterocycles. The standard InChI is InChI=1S/C28H36N2O6/c1-19(2)17-22(29-26(31)21-9-6-5-7-10-21)27(32)30-15-8-11-23(30)28(33)36-16-14-20-12-13-24(34-3)25(18-20)35-4/h5-7,9-10,12-13,18-19,22-23H,8,11,14-17H2,1-4H3,(H,29,31)/t22?,23-/m0/s1. The lowest BCUT2D eigenvalue weighted by Gasteiger charge is -2.29. The molecule has 0 radical (unpaired) electrons. The van der Waals surface area contributed by atoms with Gasteiger partial charge in [-0.05, 0) is 55.0 Å². The first-order chi connectivity index (χ1) is 17.3. The Bertz CT molecular complexity index is 1040. The van der Waals surface area contributed by atoms with Gasteiger partial charge in [-0.2, -0.15) is 0 Å². The molecule has 0 aromatic heterocycles. The monoisotopic (exact) mass is 496 g/mol. The predicted octanol–water partition coefficient (Wildman–Crippen LogP) is 3.63. The molecule has 1 fully saturated rings. The molecule has 1 saturated heterocycles. The number of ether oxygens (including phenoxy) is 3. The number of benzene rings is 2. The van der Waals surface area contributed by atoms with Crippen molar-refractivity contribution in [2.45, 2.75) is 51.6 Å². The van der Waals surface area contributed by atoms with Crippen LogP contribution in [0, 0.1) is 5.92 Å². The van der Waals surface area contributed by atoms with Gasteiger partial charge in [-0.3, -0.25) is 9.59 Å². The van der Waals surface area contributed by atoms with Crippen molar-refractivity contribution in [3.8, 4) is 11.5 Å². The summed E-state index contributed by atoms with van der Waals surface area (Å²) in [5.74, 6) is 0.468. The lowest BCUT2D eigenvalue weighted by atomic mass is 10.0. The Morgan fingerprint density at radius 3 is 2.42 bits per heavy atom.